The molecule has 1 aromatic heterocycles. The first-order valence-electron chi connectivity index (χ1n) is 5.72. The predicted molar refractivity (Wildman–Crippen MR) is 66.5 cm³/mol. The molecule has 2 aromatic rings. The van der Waals surface area contributed by atoms with Crippen LogP contribution in [0.2, 0.25) is 0 Å². The lowest BCUT2D eigenvalue weighted by molar-refractivity contribution is 0.287. The van der Waals surface area contributed by atoms with Gasteiger partial charge in [0.2, 0.25) is 0 Å². The third-order valence-electron chi connectivity index (χ3n) is 2.74. The van der Waals surface area contributed by atoms with Crippen LogP contribution in [0.5, 0.6) is 5.75 Å². The van der Waals surface area contributed by atoms with Crippen LogP contribution in [-0.4, -0.2) is 9.55 Å². The number of nitrogens with zero attached hydrogens (tertiary/aromatic N) is 2. The van der Waals surface area contributed by atoms with Crippen molar-refractivity contribution in [3.8, 4) is 5.75 Å². The topological polar surface area (TPSA) is 53.1 Å². The standard InChI is InChI=1S/C13H16FN3O/c1-9(15)11-7-10(14)3-4-12(11)18-8-13-16-5-6-17(13)2/h3-7,9H,8,15H2,1-2H3/t9-/m0/s1. The van der Waals surface area contributed by atoms with E-state index in [0.29, 0.717) is 17.9 Å². The number of halogens is 1. The van der Waals surface area contributed by atoms with Crippen molar-refractivity contribution in [2.24, 2.45) is 12.8 Å². The summed E-state index contributed by atoms with van der Waals surface area (Å²) in [7, 11) is 1.89. The molecule has 0 aliphatic carbocycles. The third kappa shape index (κ3) is 2.68. The van der Waals surface area contributed by atoms with Crippen molar-refractivity contribution < 1.29 is 9.13 Å². The first-order valence-corrected chi connectivity index (χ1v) is 5.72. The molecule has 4 nitrogen and oxygen atoms in total. The Morgan fingerprint density at radius 1 is 1.50 bits per heavy atom. The molecule has 1 aromatic carbocycles. The van der Waals surface area contributed by atoms with Gasteiger partial charge in [-0.05, 0) is 25.1 Å². The van der Waals surface area contributed by atoms with Gasteiger partial charge < -0.3 is 15.0 Å². The molecule has 0 amide bonds. The van der Waals surface area contributed by atoms with Crippen molar-refractivity contribution in [1.82, 2.24) is 9.55 Å². The van der Waals surface area contributed by atoms with Crippen molar-refractivity contribution in [3.05, 3.63) is 47.8 Å². The van der Waals surface area contributed by atoms with Gasteiger partial charge in [0.05, 0.1) is 0 Å². The van der Waals surface area contributed by atoms with Crippen molar-refractivity contribution in [2.75, 3.05) is 0 Å². The molecule has 1 heterocycles. The summed E-state index contributed by atoms with van der Waals surface area (Å²) >= 11 is 0. The van der Waals surface area contributed by atoms with Crippen molar-refractivity contribution in [3.63, 3.8) is 0 Å². The van der Waals surface area contributed by atoms with E-state index in [1.54, 1.807) is 19.2 Å². The first-order chi connectivity index (χ1) is 8.58. The summed E-state index contributed by atoms with van der Waals surface area (Å²) in [5, 5.41) is 0. The quantitative estimate of drug-likeness (QED) is 0.903. The van der Waals surface area contributed by atoms with Crippen LogP contribution in [0.3, 0.4) is 0 Å². The second kappa shape index (κ2) is 5.18. The Balaban J connectivity index is 2.16. The van der Waals surface area contributed by atoms with Crippen LogP contribution in [-0.2, 0) is 13.7 Å². The lowest BCUT2D eigenvalue weighted by Crippen LogP contribution is -2.10. The van der Waals surface area contributed by atoms with E-state index in [2.05, 4.69) is 4.98 Å². The van der Waals surface area contributed by atoms with Gasteiger partial charge in [-0.15, -0.1) is 0 Å². The highest BCUT2D eigenvalue weighted by Crippen LogP contribution is 2.25. The number of hydrogen-bond donors (Lipinski definition) is 1. The van der Waals surface area contributed by atoms with Gasteiger partial charge in [0.1, 0.15) is 24.0 Å². The molecule has 0 spiro atoms. The van der Waals surface area contributed by atoms with Gasteiger partial charge in [-0.1, -0.05) is 0 Å². The SMILES string of the molecule is C[C@H](N)c1cc(F)ccc1OCc1nccn1C. The van der Waals surface area contributed by atoms with Gasteiger partial charge in [0.15, 0.2) is 0 Å². The molecule has 0 bridgehead atoms. The van der Waals surface area contributed by atoms with Gasteiger partial charge in [-0.2, -0.15) is 0 Å². The summed E-state index contributed by atoms with van der Waals surface area (Å²) in [6, 6.07) is 4.08. The van der Waals surface area contributed by atoms with Gasteiger partial charge in [-0.25, -0.2) is 9.37 Å². The summed E-state index contributed by atoms with van der Waals surface area (Å²) in [6.07, 6.45) is 3.55. The van der Waals surface area contributed by atoms with Crippen LogP contribution in [0.15, 0.2) is 30.6 Å². The van der Waals surface area contributed by atoms with Crippen LogP contribution in [0, 0.1) is 5.82 Å². The van der Waals surface area contributed by atoms with Crippen molar-refractivity contribution >= 4 is 0 Å². The fourth-order valence-electron chi connectivity index (χ4n) is 1.68. The largest absolute Gasteiger partial charge is 0.485 e. The fraction of sp³-hybridized carbons (Fsp3) is 0.308. The van der Waals surface area contributed by atoms with Crippen LogP contribution in [0.4, 0.5) is 4.39 Å². The Labute approximate surface area is 105 Å². The summed E-state index contributed by atoms with van der Waals surface area (Å²) in [5.74, 6) is 1.08. The number of ether oxygens (including phenoxy) is 1. The first kappa shape index (κ1) is 12.6. The van der Waals surface area contributed by atoms with E-state index >= 15 is 0 Å². The molecule has 18 heavy (non-hydrogen) atoms. The Bertz CT molecular complexity index is 537. The molecule has 1 atom stereocenters. The van der Waals surface area contributed by atoms with Crippen molar-refractivity contribution in [2.45, 2.75) is 19.6 Å². The van der Waals surface area contributed by atoms with Gasteiger partial charge >= 0.3 is 0 Å². The van der Waals surface area contributed by atoms with Gasteiger partial charge in [0, 0.05) is 31.0 Å². The number of aryl methyl sites for hydroxylation is 1. The third-order valence-corrected chi connectivity index (χ3v) is 2.74. The fourth-order valence-corrected chi connectivity index (χ4v) is 1.68. The molecule has 2 rings (SSSR count). The van der Waals surface area contributed by atoms with Crippen LogP contribution < -0.4 is 10.5 Å². The smallest absolute Gasteiger partial charge is 0.146 e. The van der Waals surface area contributed by atoms with E-state index in [1.165, 1.54) is 12.1 Å². The van der Waals surface area contributed by atoms with Crippen LogP contribution in [0.1, 0.15) is 24.4 Å². The summed E-state index contributed by atoms with van der Waals surface area (Å²) < 4.78 is 20.7. The van der Waals surface area contributed by atoms with E-state index in [0.717, 1.165) is 5.82 Å². The number of benzene rings is 1. The highest BCUT2D eigenvalue weighted by atomic mass is 19.1. The minimum Gasteiger partial charge on any atom is -0.485 e. The number of aromatic nitrogens is 2. The molecule has 0 unspecified atom stereocenters. The van der Waals surface area contributed by atoms with Crippen molar-refractivity contribution in [1.29, 1.82) is 0 Å². The average Bonchev–Trinajstić information content (AvgIpc) is 2.73. The van der Waals surface area contributed by atoms with E-state index in [1.807, 2.05) is 17.8 Å². The molecule has 0 radical (unpaired) electrons. The number of imidazole rings is 1. The van der Waals surface area contributed by atoms with Crippen LogP contribution in [0.25, 0.3) is 0 Å². The summed E-state index contributed by atoms with van der Waals surface area (Å²) in [4.78, 5) is 4.16. The molecule has 0 aliphatic heterocycles. The highest BCUT2D eigenvalue weighted by molar-refractivity contribution is 5.36. The van der Waals surface area contributed by atoms with Gasteiger partial charge in [-0.3, -0.25) is 0 Å². The number of rotatable bonds is 4. The lowest BCUT2D eigenvalue weighted by Gasteiger charge is -2.14. The van der Waals surface area contributed by atoms with Gasteiger partial charge in [0.25, 0.3) is 0 Å². The molecule has 0 fully saturated rings. The maximum absolute atomic E-state index is 13.2. The molecule has 5 heteroatoms. The zero-order chi connectivity index (χ0) is 13.1. The van der Waals surface area contributed by atoms with E-state index in [-0.39, 0.29) is 11.9 Å². The molecule has 0 aliphatic rings. The molecular weight excluding hydrogens is 233 g/mol. The Morgan fingerprint density at radius 3 is 2.89 bits per heavy atom. The minimum absolute atomic E-state index is 0.280. The van der Waals surface area contributed by atoms with E-state index < -0.39 is 0 Å². The zero-order valence-corrected chi connectivity index (χ0v) is 10.4. The zero-order valence-electron chi connectivity index (χ0n) is 10.4. The Kier molecular flexibility index (Phi) is 3.62. The molecule has 0 saturated carbocycles. The number of hydrogen-bond acceptors (Lipinski definition) is 3. The second-order valence-corrected chi connectivity index (χ2v) is 4.21. The molecule has 2 N–H and O–H groups in total. The number of nitrogens with two attached hydrogens (primary N) is 1. The maximum atomic E-state index is 13.2. The normalized spacial score (nSPS) is 12.4. The molecular formula is C13H16FN3O. The Morgan fingerprint density at radius 2 is 2.28 bits per heavy atom. The van der Waals surface area contributed by atoms with E-state index in [4.69, 9.17) is 10.5 Å². The Hall–Kier alpha value is -1.88. The average molecular weight is 249 g/mol. The highest BCUT2D eigenvalue weighted by Gasteiger charge is 2.10. The molecule has 0 saturated heterocycles. The lowest BCUT2D eigenvalue weighted by atomic mass is 10.1. The summed E-state index contributed by atoms with van der Waals surface area (Å²) in [5.41, 5.74) is 6.45. The monoisotopic (exact) mass is 249 g/mol. The van der Waals surface area contributed by atoms with E-state index in [9.17, 15) is 4.39 Å². The summed E-state index contributed by atoms with van der Waals surface area (Å²) in [6.45, 7) is 2.12. The molecule has 96 valence electrons. The second-order valence-electron chi connectivity index (χ2n) is 4.21. The minimum atomic E-state index is -0.313. The predicted octanol–water partition coefficient (Wildman–Crippen LogP) is 2.16. The van der Waals surface area contributed by atoms with Crippen LogP contribution >= 0.6 is 0 Å². The maximum Gasteiger partial charge on any atom is 0.146 e.